The van der Waals surface area contributed by atoms with Crippen molar-refractivity contribution in [1.82, 2.24) is 14.7 Å². The van der Waals surface area contributed by atoms with E-state index in [2.05, 4.69) is 10.3 Å². The minimum atomic E-state index is -0.649. The Bertz CT molecular complexity index is 992. The van der Waals surface area contributed by atoms with Crippen LogP contribution in [-0.2, 0) is 6.54 Å². The molecule has 0 fully saturated rings. The van der Waals surface area contributed by atoms with E-state index in [1.54, 1.807) is 19.1 Å². The molecule has 0 radical (unpaired) electrons. The Morgan fingerprint density at radius 2 is 1.88 bits per heavy atom. The van der Waals surface area contributed by atoms with Gasteiger partial charge in [-0.05, 0) is 36.6 Å². The highest BCUT2D eigenvalue weighted by Crippen LogP contribution is 2.14. The number of hydrogen-bond acceptors (Lipinski definition) is 4. The monoisotopic (exact) mass is 323 g/mol. The van der Waals surface area contributed by atoms with Crippen LogP contribution in [0.3, 0.4) is 0 Å². The molecular formula is C18H17N3O3. The Kier molecular flexibility index (Phi) is 4.04. The second-order valence-electron chi connectivity index (χ2n) is 5.61. The molecule has 2 heterocycles. The molecule has 122 valence electrons. The summed E-state index contributed by atoms with van der Waals surface area (Å²) >= 11 is 0. The average molecular weight is 323 g/mol. The van der Waals surface area contributed by atoms with Gasteiger partial charge in [0, 0.05) is 12.7 Å². The first-order valence-electron chi connectivity index (χ1n) is 7.52. The SMILES string of the molecule is Cc1ccccc1CNC(=O)c1c(O)nc2c(C)cccn2c1=O. The number of carbonyl (C=O) groups excluding carboxylic acids is 1. The normalized spacial score (nSPS) is 10.8. The van der Waals surface area contributed by atoms with Gasteiger partial charge in [-0.2, -0.15) is 4.98 Å². The predicted octanol–water partition coefficient (Wildman–Crippen LogP) is 1.95. The largest absolute Gasteiger partial charge is 0.493 e. The van der Waals surface area contributed by atoms with Crippen LogP contribution >= 0.6 is 0 Å². The molecule has 0 unspecified atom stereocenters. The number of nitrogens with zero attached hydrogens (tertiary/aromatic N) is 2. The van der Waals surface area contributed by atoms with Crippen LogP contribution in [0.4, 0.5) is 0 Å². The lowest BCUT2D eigenvalue weighted by Gasteiger charge is -2.10. The maximum Gasteiger partial charge on any atom is 0.274 e. The minimum Gasteiger partial charge on any atom is -0.493 e. The van der Waals surface area contributed by atoms with Crippen LogP contribution < -0.4 is 10.9 Å². The number of carbonyl (C=O) groups is 1. The van der Waals surface area contributed by atoms with E-state index in [1.165, 1.54) is 10.6 Å². The Morgan fingerprint density at radius 3 is 2.62 bits per heavy atom. The molecule has 3 rings (SSSR count). The molecule has 0 aliphatic rings. The van der Waals surface area contributed by atoms with Crippen LogP contribution in [0, 0.1) is 13.8 Å². The molecule has 6 nitrogen and oxygen atoms in total. The standard InChI is InChI=1S/C18H17N3O3/c1-11-6-3-4-8-13(11)10-19-16(22)14-17(23)20-15-12(2)7-5-9-21(15)18(14)24/h3-9,23H,10H2,1-2H3,(H,19,22). The topological polar surface area (TPSA) is 83.7 Å². The number of amides is 1. The van der Waals surface area contributed by atoms with Crippen molar-refractivity contribution in [2.24, 2.45) is 0 Å². The summed E-state index contributed by atoms with van der Waals surface area (Å²) in [5, 5.41) is 12.7. The van der Waals surface area contributed by atoms with E-state index in [0.29, 0.717) is 5.65 Å². The van der Waals surface area contributed by atoms with Crippen molar-refractivity contribution in [3.05, 3.63) is 75.2 Å². The maximum atomic E-state index is 12.5. The molecule has 1 aromatic carbocycles. The van der Waals surface area contributed by atoms with Gasteiger partial charge in [-0.3, -0.25) is 14.0 Å². The third-order valence-electron chi connectivity index (χ3n) is 3.96. The van der Waals surface area contributed by atoms with Crippen molar-refractivity contribution in [2.45, 2.75) is 20.4 Å². The maximum absolute atomic E-state index is 12.5. The van der Waals surface area contributed by atoms with E-state index in [1.807, 2.05) is 31.2 Å². The van der Waals surface area contributed by atoms with Crippen LogP contribution in [0.25, 0.3) is 5.65 Å². The number of hydrogen-bond donors (Lipinski definition) is 2. The molecule has 0 saturated carbocycles. The highest BCUT2D eigenvalue weighted by Gasteiger charge is 2.20. The van der Waals surface area contributed by atoms with Crippen molar-refractivity contribution < 1.29 is 9.90 Å². The summed E-state index contributed by atoms with van der Waals surface area (Å²) in [5.74, 6) is -1.21. The second-order valence-corrected chi connectivity index (χ2v) is 5.61. The molecule has 0 aliphatic heterocycles. The highest BCUT2D eigenvalue weighted by molar-refractivity contribution is 5.96. The van der Waals surface area contributed by atoms with Gasteiger partial charge in [0.15, 0.2) is 5.56 Å². The average Bonchev–Trinajstić information content (AvgIpc) is 2.55. The number of aromatic hydroxyl groups is 1. The Morgan fingerprint density at radius 1 is 1.17 bits per heavy atom. The lowest BCUT2D eigenvalue weighted by molar-refractivity contribution is 0.0945. The highest BCUT2D eigenvalue weighted by atomic mass is 16.3. The Balaban J connectivity index is 1.96. The molecule has 6 heteroatoms. The summed E-state index contributed by atoms with van der Waals surface area (Å²) in [5.41, 5.74) is 2.09. The zero-order valence-electron chi connectivity index (χ0n) is 13.4. The van der Waals surface area contributed by atoms with E-state index >= 15 is 0 Å². The zero-order valence-corrected chi connectivity index (χ0v) is 13.4. The number of pyridine rings is 1. The minimum absolute atomic E-state index is 0.265. The summed E-state index contributed by atoms with van der Waals surface area (Å²) in [6.45, 7) is 3.98. The van der Waals surface area contributed by atoms with Crippen molar-refractivity contribution in [2.75, 3.05) is 0 Å². The number of aryl methyl sites for hydroxylation is 2. The molecule has 0 aliphatic carbocycles. The first kappa shape index (κ1) is 15.7. The molecule has 0 atom stereocenters. The van der Waals surface area contributed by atoms with Crippen LogP contribution in [0.1, 0.15) is 27.0 Å². The molecule has 1 amide bonds. The fraction of sp³-hybridized carbons (Fsp3) is 0.167. The fourth-order valence-electron chi connectivity index (χ4n) is 2.56. The van der Waals surface area contributed by atoms with Gasteiger partial charge in [0.2, 0.25) is 5.88 Å². The lowest BCUT2D eigenvalue weighted by atomic mass is 10.1. The Labute approximate surface area is 138 Å². The molecule has 24 heavy (non-hydrogen) atoms. The first-order valence-corrected chi connectivity index (χ1v) is 7.52. The summed E-state index contributed by atoms with van der Waals surface area (Å²) in [4.78, 5) is 28.9. The molecular weight excluding hydrogens is 306 g/mol. The first-order chi connectivity index (χ1) is 11.5. The van der Waals surface area contributed by atoms with Gasteiger partial charge in [-0.1, -0.05) is 30.3 Å². The van der Waals surface area contributed by atoms with Gasteiger partial charge in [-0.25, -0.2) is 0 Å². The van der Waals surface area contributed by atoms with Gasteiger partial charge in [-0.15, -0.1) is 0 Å². The van der Waals surface area contributed by atoms with E-state index in [9.17, 15) is 14.7 Å². The van der Waals surface area contributed by atoms with Crippen LogP contribution in [0.15, 0.2) is 47.4 Å². The van der Waals surface area contributed by atoms with Gasteiger partial charge in [0.1, 0.15) is 5.65 Å². The van der Waals surface area contributed by atoms with E-state index in [4.69, 9.17) is 0 Å². The number of fused-ring (bicyclic) bond motifs is 1. The molecule has 2 aromatic heterocycles. The van der Waals surface area contributed by atoms with Gasteiger partial charge < -0.3 is 10.4 Å². The van der Waals surface area contributed by atoms with Gasteiger partial charge in [0.25, 0.3) is 11.5 Å². The van der Waals surface area contributed by atoms with Crippen molar-refractivity contribution in [1.29, 1.82) is 0 Å². The van der Waals surface area contributed by atoms with E-state index in [0.717, 1.165) is 16.7 Å². The lowest BCUT2D eigenvalue weighted by Crippen LogP contribution is -2.31. The number of aromatic nitrogens is 2. The molecule has 0 saturated heterocycles. The molecule has 0 spiro atoms. The van der Waals surface area contributed by atoms with Crippen LogP contribution in [-0.4, -0.2) is 20.4 Å². The van der Waals surface area contributed by atoms with Crippen LogP contribution in [0.2, 0.25) is 0 Å². The van der Waals surface area contributed by atoms with Crippen molar-refractivity contribution in [3.63, 3.8) is 0 Å². The van der Waals surface area contributed by atoms with E-state index < -0.39 is 17.3 Å². The van der Waals surface area contributed by atoms with Gasteiger partial charge >= 0.3 is 0 Å². The molecule has 0 bridgehead atoms. The molecule has 2 N–H and O–H groups in total. The zero-order chi connectivity index (χ0) is 17.3. The smallest absolute Gasteiger partial charge is 0.274 e. The van der Waals surface area contributed by atoms with Crippen molar-refractivity contribution >= 4 is 11.6 Å². The van der Waals surface area contributed by atoms with E-state index in [-0.39, 0.29) is 12.1 Å². The number of rotatable bonds is 3. The van der Waals surface area contributed by atoms with Crippen LogP contribution in [0.5, 0.6) is 5.88 Å². The quantitative estimate of drug-likeness (QED) is 0.771. The third kappa shape index (κ3) is 2.74. The van der Waals surface area contributed by atoms with Gasteiger partial charge in [0.05, 0.1) is 0 Å². The number of nitrogens with one attached hydrogen (secondary N) is 1. The summed E-state index contributed by atoms with van der Waals surface area (Å²) in [6, 6.07) is 11.1. The Hall–Kier alpha value is -3.15. The summed E-state index contributed by atoms with van der Waals surface area (Å²) in [7, 11) is 0. The summed E-state index contributed by atoms with van der Waals surface area (Å²) < 4.78 is 1.26. The van der Waals surface area contributed by atoms with Crippen molar-refractivity contribution in [3.8, 4) is 5.88 Å². The fourth-order valence-corrected chi connectivity index (χ4v) is 2.56. The molecule has 3 aromatic rings. The second kappa shape index (κ2) is 6.16. The summed E-state index contributed by atoms with van der Waals surface area (Å²) in [6.07, 6.45) is 1.52. The number of benzene rings is 1. The predicted molar refractivity (Wildman–Crippen MR) is 90.2 cm³/mol. The third-order valence-corrected chi connectivity index (χ3v) is 3.96.